The highest BCUT2D eigenvalue weighted by molar-refractivity contribution is 8.00. The molecule has 3 rings (SSSR count). The highest BCUT2D eigenvalue weighted by Gasteiger charge is 2.14. The molecule has 1 amide bonds. The van der Waals surface area contributed by atoms with Crippen LogP contribution in [-0.4, -0.2) is 25.8 Å². The molecule has 0 aliphatic carbocycles. The first-order valence-corrected chi connectivity index (χ1v) is 9.47. The van der Waals surface area contributed by atoms with E-state index >= 15 is 0 Å². The van der Waals surface area contributed by atoms with Crippen LogP contribution in [0.2, 0.25) is 0 Å². The Morgan fingerprint density at radius 3 is 2.48 bits per heavy atom. The first-order chi connectivity index (χ1) is 12.9. The first kappa shape index (κ1) is 18.9. The van der Waals surface area contributed by atoms with E-state index in [2.05, 4.69) is 17.2 Å². The molecule has 0 atom stereocenters. The Morgan fingerprint density at radius 1 is 1.11 bits per heavy atom. The van der Waals surface area contributed by atoms with Crippen molar-refractivity contribution in [2.24, 2.45) is 14.1 Å². The molecule has 2 aromatic heterocycles. The molecule has 0 aliphatic heterocycles. The number of aromatic nitrogens is 3. The molecule has 27 heavy (non-hydrogen) atoms. The number of carbonyl (C=O) groups is 1. The number of carbonyl (C=O) groups excluding carboxylic acids is 1. The fourth-order valence-electron chi connectivity index (χ4n) is 2.74. The molecule has 140 valence electrons. The minimum absolute atomic E-state index is 0.140. The van der Waals surface area contributed by atoms with E-state index in [9.17, 15) is 14.4 Å². The van der Waals surface area contributed by atoms with Gasteiger partial charge < -0.3 is 5.32 Å². The lowest BCUT2D eigenvalue weighted by Gasteiger charge is -2.10. The van der Waals surface area contributed by atoms with Gasteiger partial charge in [-0.1, -0.05) is 19.1 Å². The number of thioether (sulfide) groups is 1. The molecule has 3 aromatic rings. The Bertz CT molecular complexity index is 1120. The van der Waals surface area contributed by atoms with Crippen LogP contribution in [0.1, 0.15) is 12.5 Å². The quantitative estimate of drug-likeness (QED) is 0.680. The third-order valence-corrected chi connectivity index (χ3v) is 5.37. The molecule has 1 N–H and O–H groups in total. The standard InChI is InChI=1S/C19H20N4O3S/c1-4-12-5-7-13(8-6-12)21-15(24)11-27-14-9-10-20-17-16(14)18(25)23(3)19(26)22(17)2/h5-10H,4,11H2,1-3H3,(H,21,24). The summed E-state index contributed by atoms with van der Waals surface area (Å²) >= 11 is 1.24. The van der Waals surface area contributed by atoms with E-state index in [4.69, 9.17) is 0 Å². The Labute approximate surface area is 160 Å². The van der Waals surface area contributed by atoms with E-state index in [0.717, 1.165) is 16.7 Å². The number of fused-ring (bicyclic) bond motifs is 1. The molecular formula is C19H20N4O3S. The first-order valence-electron chi connectivity index (χ1n) is 8.48. The van der Waals surface area contributed by atoms with Gasteiger partial charge in [0.15, 0.2) is 0 Å². The van der Waals surface area contributed by atoms with Gasteiger partial charge in [0.05, 0.1) is 11.1 Å². The second kappa shape index (κ2) is 7.79. The van der Waals surface area contributed by atoms with Crippen molar-refractivity contribution in [1.29, 1.82) is 0 Å². The van der Waals surface area contributed by atoms with Gasteiger partial charge >= 0.3 is 5.69 Å². The fraction of sp³-hybridized carbons (Fsp3) is 0.263. The summed E-state index contributed by atoms with van der Waals surface area (Å²) in [6.07, 6.45) is 2.47. The molecule has 8 heteroatoms. The van der Waals surface area contributed by atoms with E-state index < -0.39 is 11.2 Å². The van der Waals surface area contributed by atoms with Gasteiger partial charge in [0, 0.05) is 30.9 Å². The third kappa shape index (κ3) is 3.80. The minimum Gasteiger partial charge on any atom is -0.325 e. The van der Waals surface area contributed by atoms with Gasteiger partial charge in [-0.05, 0) is 30.2 Å². The molecule has 2 heterocycles. The molecule has 0 saturated heterocycles. The van der Waals surface area contributed by atoms with Crippen molar-refractivity contribution in [3.63, 3.8) is 0 Å². The summed E-state index contributed by atoms with van der Waals surface area (Å²) in [6, 6.07) is 9.37. The van der Waals surface area contributed by atoms with Crippen LogP contribution in [-0.2, 0) is 25.3 Å². The molecule has 0 bridgehead atoms. The van der Waals surface area contributed by atoms with Crippen molar-refractivity contribution in [2.45, 2.75) is 18.2 Å². The SMILES string of the molecule is CCc1ccc(NC(=O)CSc2ccnc3c2c(=O)n(C)c(=O)n3C)cc1. The smallest absolute Gasteiger partial charge is 0.325 e. The van der Waals surface area contributed by atoms with Gasteiger partial charge in [-0.25, -0.2) is 9.78 Å². The molecule has 0 aliphatic rings. The topological polar surface area (TPSA) is 86.0 Å². The molecule has 0 fully saturated rings. The van der Waals surface area contributed by atoms with Crippen LogP contribution in [0.25, 0.3) is 11.0 Å². The van der Waals surface area contributed by atoms with E-state index in [1.54, 1.807) is 13.1 Å². The number of hydrogen-bond acceptors (Lipinski definition) is 5. The number of amides is 1. The predicted octanol–water partition coefficient (Wildman–Crippen LogP) is 1.93. The molecule has 0 radical (unpaired) electrons. The maximum absolute atomic E-state index is 12.5. The van der Waals surface area contributed by atoms with Crippen molar-refractivity contribution in [3.05, 3.63) is 62.9 Å². The lowest BCUT2D eigenvalue weighted by molar-refractivity contribution is -0.113. The van der Waals surface area contributed by atoms with E-state index in [1.165, 1.54) is 35.1 Å². The zero-order valence-corrected chi connectivity index (χ0v) is 16.2. The maximum atomic E-state index is 12.5. The van der Waals surface area contributed by atoms with Crippen LogP contribution in [0, 0.1) is 0 Å². The Kier molecular flexibility index (Phi) is 5.46. The summed E-state index contributed by atoms with van der Waals surface area (Å²) in [5, 5.41) is 3.18. The van der Waals surface area contributed by atoms with Gasteiger partial charge in [0.2, 0.25) is 5.91 Å². The van der Waals surface area contributed by atoms with Crippen LogP contribution in [0.15, 0.2) is 51.0 Å². The Balaban J connectivity index is 1.81. The number of aryl methyl sites for hydroxylation is 2. The Morgan fingerprint density at radius 2 is 1.81 bits per heavy atom. The van der Waals surface area contributed by atoms with Gasteiger partial charge in [0.1, 0.15) is 5.65 Å². The average Bonchev–Trinajstić information content (AvgIpc) is 2.69. The van der Waals surface area contributed by atoms with Gasteiger partial charge in [0.25, 0.3) is 5.56 Å². The molecule has 7 nitrogen and oxygen atoms in total. The van der Waals surface area contributed by atoms with E-state index in [-0.39, 0.29) is 11.7 Å². The number of hydrogen-bond donors (Lipinski definition) is 1. The summed E-state index contributed by atoms with van der Waals surface area (Å²) in [7, 11) is 3.00. The van der Waals surface area contributed by atoms with Crippen LogP contribution in [0.5, 0.6) is 0 Å². The molecule has 0 spiro atoms. The minimum atomic E-state index is -0.435. The molecule has 0 unspecified atom stereocenters. The summed E-state index contributed by atoms with van der Waals surface area (Å²) in [4.78, 5) is 41.6. The van der Waals surface area contributed by atoms with Crippen molar-refractivity contribution >= 4 is 34.4 Å². The lowest BCUT2D eigenvalue weighted by Crippen LogP contribution is -2.37. The van der Waals surface area contributed by atoms with Gasteiger partial charge in [-0.15, -0.1) is 11.8 Å². The van der Waals surface area contributed by atoms with E-state index in [1.807, 2.05) is 24.3 Å². The summed E-state index contributed by atoms with van der Waals surface area (Å²) in [6.45, 7) is 2.07. The Hall–Kier alpha value is -2.87. The normalized spacial score (nSPS) is 10.9. The van der Waals surface area contributed by atoms with Crippen LogP contribution in [0.3, 0.4) is 0 Å². The molecule has 0 saturated carbocycles. The zero-order valence-electron chi connectivity index (χ0n) is 15.4. The van der Waals surface area contributed by atoms with Gasteiger partial charge in [-0.3, -0.25) is 18.7 Å². The van der Waals surface area contributed by atoms with Crippen molar-refractivity contribution in [2.75, 3.05) is 11.1 Å². The van der Waals surface area contributed by atoms with Crippen LogP contribution >= 0.6 is 11.8 Å². The average molecular weight is 384 g/mol. The fourth-order valence-corrected chi connectivity index (χ4v) is 3.58. The monoisotopic (exact) mass is 384 g/mol. The molecule has 1 aromatic carbocycles. The van der Waals surface area contributed by atoms with Gasteiger partial charge in [-0.2, -0.15) is 0 Å². The predicted molar refractivity (Wildman–Crippen MR) is 107 cm³/mol. The van der Waals surface area contributed by atoms with Crippen molar-refractivity contribution < 1.29 is 4.79 Å². The largest absolute Gasteiger partial charge is 0.332 e. The van der Waals surface area contributed by atoms with Crippen LogP contribution in [0.4, 0.5) is 5.69 Å². The number of anilines is 1. The van der Waals surface area contributed by atoms with Crippen LogP contribution < -0.4 is 16.6 Å². The number of nitrogens with zero attached hydrogens (tertiary/aromatic N) is 3. The number of pyridine rings is 1. The number of rotatable bonds is 5. The second-order valence-electron chi connectivity index (χ2n) is 6.10. The summed E-state index contributed by atoms with van der Waals surface area (Å²) in [5.74, 6) is -0.0310. The lowest BCUT2D eigenvalue weighted by atomic mass is 10.1. The molecular weight excluding hydrogens is 364 g/mol. The maximum Gasteiger partial charge on any atom is 0.332 e. The summed E-state index contributed by atoms with van der Waals surface area (Å²) in [5.41, 5.74) is 1.39. The zero-order chi connectivity index (χ0) is 19.6. The summed E-state index contributed by atoms with van der Waals surface area (Å²) < 4.78 is 2.37. The highest BCUT2D eigenvalue weighted by atomic mass is 32.2. The van der Waals surface area contributed by atoms with E-state index in [0.29, 0.717) is 15.9 Å². The number of nitrogens with one attached hydrogen (secondary N) is 1. The number of benzene rings is 1. The van der Waals surface area contributed by atoms with Crippen molar-refractivity contribution in [3.8, 4) is 0 Å². The second-order valence-corrected chi connectivity index (χ2v) is 7.12. The highest BCUT2D eigenvalue weighted by Crippen LogP contribution is 2.23. The third-order valence-electron chi connectivity index (χ3n) is 4.31. The van der Waals surface area contributed by atoms with Crippen molar-refractivity contribution in [1.82, 2.24) is 14.1 Å².